The molecule has 150 valence electrons. The molecule has 0 aliphatic carbocycles. The molecule has 2 aromatic carbocycles. The van der Waals surface area contributed by atoms with Crippen LogP contribution in [0.25, 0.3) is 0 Å². The van der Waals surface area contributed by atoms with E-state index < -0.39 is 0 Å². The summed E-state index contributed by atoms with van der Waals surface area (Å²) < 4.78 is 1.58. The van der Waals surface area contributed by atoms with Crippen molar-refractivity contribution < 1.29 is 4.79 Å². The monoisotopic (exact) mass is 389 g/mol. The maximum Gasteiger partial charge on any atom is 0.263 e. The number of carbonyl (C=O) groups is 1. The number of amides is 1. The molecule has 5 heteroatoms. The van der Waals surface area contributed by atoms with Crippen molar-refractivity contribution in [2.45, 2.75) is 19.5 Å². The van der Waals surface area contributed by atoms with Crippen LogP contribution in [0.15, 0.2) is 77.7 Å². The number of aryl methyl sites for hydroxylation is 1. The highest BCUT2D eigenvalue weighted by molar-refractivity contribution is 5.94. The highest BCUT2D eigenvalue weighted by Gasteiger charge is 2.19. The van der Waals surface area contributed by atoms with E-state index in [1.54, 1.807) is 22.9 Å². The molecular weight excluding hydrogens is 362 g/mol. The third-order valence-electron chi connectivity index (χ3n) is 4.76. The number of hydrogen-bond acceptors (Lipinski definition) is 3. The number of hydrogen-bond donors (Lipinski definition) is 1. The second kappa shape index (κ2) is 9.34. The van der Waals surface area contributed by atoms with Crippen LogP contribution in [0.2, 0.25) is 0 Å². The second-order valence-corrected chi connectivity index (χ2v) is 7.54. The van der Waals surface area contributed by atoms with E-state index in [0.29, 0.717) is 13.1 Å². The summed E-state index contributed by atoms with van der Waals surface area (Å²) >= 11 is 0. The van der Waals surface area contributed by atoms with E-state index >= 15 is 0 Å². The van der Waals surface area contributed by atoms with E-state index in [4.69, 9.17) is 0 Å². The van der Waals surface area contributed by atoms with Crippen molar-refractivity contribution in [3.63, 3.8) is 0 Å². The number of rotatable bonds is 7. The van der Waals surface area contributed by atoms with Crippen molar-refractivity contribution in [3.8, 4) is 0 Å². The van der Waals surface area contributed by atoms with Gasteiger partial charge in [-0.2, -0.15) is 0 Å². The van der Waals surface area contributed by atoms with Crippen molar-refractivity contribution >= 4 is 5.91 Å². The summed E-state index contributed by atoms with van der Waals surface area (Å²) in [6.45, 7) is 3.09. The standard InChI is InChI=1S/C24H27N3O2/c1-18-9-7-10-19(15-18)16-27-14-8-13-21(24(27)29)23(28)25-22(17-26(2)3)20-11-5-4-6-12-20/h4-15,22H,16-17H2,1-3H3,(H,25,28). The Hall–Kier alpha value is -3.18. The fourth-order valence-corrected chi connectivity index (χ4v) is 3.36. The number of carbonyl (C=O) groups excluding carboxylic acids is 1. The Bertz CT molecular complexity index is 1030. The molecule has 5 nitrogen and oxygen atoms in total. The molecule has 1 atom stereocenters. The maximum absolute atomic E-state index is 12.9. The van der Waals surface area contributed by atoms with Gasteiger partial charge in [0.15, 0.2) is 0 Å². The summed E-state index contributed by atoms with van der Waals surface area (Å²) in [5.74, 6) is -0.357. The number of nitrogens with one attached hydrogen (secondary N) is 1. The molecule has 1 amide bonds. The second-order valence-electron chi connectivity index (χ2n) is 7.54. The minimum Gasteiger partial charge on any atom is -0.344 e. The molecule has 0 aliphatic heterocycles. The molecular formula is C24H27N3O2. The third-order valence-corrected chi connectivity index (χ3v) is 4.76. The van der Waals surface area contributed by atoms with Gasteiger partial charge >= 0.3 is 0 Å². The predicted octanol–water partition coefficient (Wildman–Crippen LogP) is 3.24. The molecule has 0 saturated heterocycles. The van der Waals surface area contributed by atoms with Crippen molar-refractivity contribution in [1.82, 2.24) is 14.8 Å². The van der Waals surface area contributed by atoms with Crippen molar-refractivity contribution in [3.05, 3.63) is 106 Å². The average molecular weight is 389 g/mol. The zero-order valence-corrected chi connectivity index (χ0v) is 17.1. The fraction of sp³-hybridized carbons (Fsp3) is 0.250. The van der Waals surface area contributed by atoms with Crippen LogP contribution >= 0.6 is 0 Å². The van der Waals surface area contributed by atoms with Gasteiger partial charge in [0.25, 0.3) is 11.5 Å². The summed E-state index contributed by atoms with van der Waals surface area (Å²) in [5, 5.41) is 3.03. The fourth-order valence-electron chi connectivity index (χ4n) is 3.36. The van der Waals surface area contributed by atoms with Crippen LogP contribution in [0.4, 0.5) is 0 Å². The average Bonchev–Trinajstić information content (AvgIpc) is 2.69. The molecule has 1 aromatic heterocycles. The number of likely N-dealkylation sites (N-methyl/N-ethyl adjacent to an activating group) is 1. The summed E-state index contributed by atoms with van der Waals surface area (Å²) in [7, 11) is 3.92. The Kier molecular flexibility index (Phi) is 6.62. The van der Waals surface area contributed by atoms with Gasteiger partial charge in [-0.1, -0.05) is 60.2 Å². The lowest BCUT2D eigenvalue weighted by Crippen LogP contribution is -2.38. The quantitative estimate of drug-likeness (QED) is 0.675. The Morgan fingerprint density at radius 3 is 2.48 bits per heavy atom. The zero-order chi connectivity index (χ0) is 20.8. The van der Waals surface area contributed by atoms with E-state index in [1.807, 2.05) is 80.5 Å². The first kappa shape index (κ1) is 20.6. The topological polar surface area (TPSA) is 54.3 Å². The number of pyridine rings is 1. The van der Waals surface area contributed by atoms with Gasteiger partial charge in [0.1, 0.15) is 5.56 Å². The predicted molar refractivity (Wildman–Crippen MR) is 116 cm³/mol. The summed E-state index contributed by atoms with van der Waals surface area (Å²) in [6, 6.07) is 20.9. The molecule has 3 aromatic rings. The normalized spacial score (nSPS) is 12.0. The summed E-state index contributed by atoms with van der Waals surface area (Å²) in [6.07, 6.45) is 1.72. The molecule has 1 heterocycles. The van der Waals surface area contributed by atoms with Crippen LogP contribution in [0.3, 0.4) is 0 Å². The van der Waals surface area contributed by atoms with Crippen LogP contribution in [0.1, 0.15) is 33.1 Å². The smallest absolute Gasteiger partial charge is 0.263 e. The zero-order valence-electron chi connectivity index (χ0n) is 17.1. The van der Waals surface area contributed by atoms with Gasteiger partial charge in [-0.25, -0.2) is 0 Å². The first-order valence-electron chi connectivity index (χ1n) is 9.69. The lowest BCUT2D eigenvalue weighted by atomic mass is 10.1. The maximum atomic E-state index is 12.9. The lowest BCUT2D eigenvalue weighted by Gasteiger charge is -2.23. The van der Waals surface area contributed by atoms with Gasteiger partial charge in [0.2, 0.25) is 0 Å². The Morgan fingerprint density at radius 1 is 1.03 bits per heavy atom. The van der Waals surface area contributed by atoms with Crippen molar-refractivity contribution in [2.24, 2.45) is 0 Å². The van der Waals surface area contributed by atoms with Gasteiger partial charge < -0.3 is 14.8 Å². The molecule has 1 unspecified atom stereocenters. The molecule has 0 fully saturated rings. The Morgan fingerprint density at radius 2 is 1.79 bits per heavy atom. The van der Waals surface area contributed by atoms with Crippen LogP contribution in [-0.2, 0) is 6.54 Å². The van der Waals surface area contributed by atoms with Gasteiger partial charge in [-0.15, -0.1) is 0 Å². The molecule has 29 heavy (non-hydrogen) atoms. The summed E-state index contributed by atoms with van der Waals surface area (Å²) in [4.78, 5) is 27.9. The van der Waals surface area contributed by atoms with Gasteiger partial charge in [-0.3, -0.25) is 9.59 Å². The largest absolute Gasteiger partial charge is 0.344 e. The van der Waals surface area contributed by atoms with Crippen LogP contribution < -0.4 is 10.9 Å². The van der Waals surface area contributed by atoms with E-state index in [2.05, 4.69) is 5.32 Å². The van der Waals surface area contributed by atoms with Gasteiger partial charge in [0.05, 0.1) is 12.6 Å². The Balaban J connectivity index is 1.84. The first-order chi connectivity index (χ1) is 13.9. The molecule has 1 N–H and O–H groups in total. The molecule has 3 rings (SSSR count). The molecule has 0 saturated carbocycles. The molecule has 0 spiro atoms. The van der Waals surface area contributed by atoms with Gasteiger partial charge in [0, 0.05) is 12.7 Å². The number of nitrogens with zero attached hydrogens (tertiary/aromatic N) is 2. The third kappa shape index (κ3) is 5.42. The minimum atomic E-state index is -0.357. The van der Waals surface area contributed by atoms with E-state index in [1.165, 1.54) is 0 Å². The number of benzene rings is 2. The van der Waals surface area contributed by atoms with Crippen LogP contribution in [-0.4, -0.2) is 36.0 Å². The first-order valence-corrected chi connectivity index (χ1v) is 9.69. The molecule has 0 radical (unpaired) electrons. The van der Waals surface area contributed by atoms with E-state index in [9.17, 15) is 9.59 Å². The SMILES string of the molecule is Cc1cccc(Cn2cccc(C(=O)NC(CN(C)C)c3ccccc3)c2=O)c1. The van der Waals surface area contributed by atoms with E-state index in [0.717, 1.165) is 16.7 Å². The Labute approximate surface area is 171 Å². The summed E-state index contributed by atoms with van der Waals surface area (Å²) in [5.41, 5.74) is 3.03. The van der Waals surface area contributed by atoms with Crippen molar-refractivity contribution in [1.29, 1.82) is 0 Å². The molecule has 0 bridgehead atoms. The van der Waals surface area contributed by atoms with Crippen molar-refractivity contribution in [2.75, 3.05) is 20.6 Å². The molecule has 0 aliphatic rings. The highest BCUT2D eigenvalue weighted by atomic mass is 16.2. The lowest BCUT2D eigenvalue weighted by molar-refractivity contribution is 0.0928. The van der Waals surface area contributed by atoms with Crippen LogP contribution in [0.5, 0.6) is 0 Å². The van der Waals surface area contributed by atoms with Crippen LogP contribution in [0, 0.1) is 6.92 Å². The highest BCUT2D eigenvalue weighted by Crippen LogP contribution is 2.14. The van der Waals surface area contributed by atoms with E-state index in [-0.39, 0.29) is 23.1 Å². The van der Waals surface area contributed by atoms with Gasteiger partial charge in [-0.05, 0) is 44.3 Å². The minimum absolute atomic E-state index is 0.153. The number of aromatic nitrogens is 1.